The summed E-state index contributed by atoms with van der Waals surface area (Å²) >= 11 is 0. The second kappa shape index (κ2) is 11.1. The van der Waals surface area contributed by atoms with Gasteiger partial charge in [0.25, 0.3) is 0 Å². The maximum atomic E-state index is 14.6. The Morgan fingerprint density at radius 1 is 1.21 bits per heavy atom. The molecule has 4 rings (SSSR count). The molecule has 2 heterocycles. The molecule has 3 N–H and O–H groups in total. The summed E-state index contributed by atoms with van der Waals surface area (Å²) in [5, 5.41) is 15.7. The average molecular weight is 531 g/mol. The maximum absolute atomic E-state index is 14.6. The number of rotatable bonds is 7. The Bertz CT molecular complexity index is 1440. The third-order valence-electron chi connectivity index (χ3n) is 6.03. The number of ether oxygens (including phenoxy) is 1. The number of nitrogens with zero attached hydrogens (tertiary/aromatic N) is 2. The van der Waals surface area contributed by atoms with Crippen LogP contribution < -0.4 is 15.4 Å². The van der Waals surface area contributed by atoms with E-state index in [4.69, 9.17) is 9.84 Å². The lowest BCUT2D eigenvalue weighted by atomic mass is 10.1. The zero-order chi connectivity index (χ0) is 27.4. The highest BCUT2D eigenvalue weighted by Gasteiger charge is 2.30. The van der Waals surface area contributed by atoms with Gasteiger partial charge in [-0.25, -0.2) is 9.18 Å². The van der Waals surface area contributed by atoms with Crippen LogP contribution in [0, 0.1) is 11.8 Å². The van der Waals surface area contributed by atoms with Crippen LogP contribution in [0.5, 0.6) is 5.75 Å². The zero-order valence-corrected chi connectivity index (χ0v) is 20.7. The molecular formula is C27H26F4N4O3. The first kappa shape index (κ1) is 26.9. The number of methoxy groups -OCH3 is 1. The van der Waals surface area contributed by atoms with Crippen molar-refractivity contribution >= 4 is 28.2 Å². The van der Waals surface area contributed by atoms with E-state index in [1.54, 1.807) is 37.4 Å². The van der Waals surface area contributed by atoms with Crippen molar-refractivity contribution < 1.29 is 32.2 Å². The monoisotopic (exact) mass is 530 g/mol. The van der Waals surface area contributed by atoms with Gasteiger partial charge >= 0.3 is 12.1 Å². The summed E-state index contributed by atoms with van der Waals surface area (Å²) in [5.74, 6) is 4.81. The van der Waals surface area contributed by atoms with E-state index >= 15 is 0 Å². The quantitative estimate of drug-likeness (QED) is 0.296. The predicted octanol–water partition coefficient (Wildman–Crippen LogP) is 4.95. The van der Waals surface area contributed by atoms with Gasteiger partial charge in [0, 0.05) is 29.9 Å². The number of carboxylic acids is 1. The van der Waals surface area contributed by atoms with Gasteiger partial charge in [-0.05, 0) is 55.4 Å². The number of carbonyl (C=O) groups is 1. The number of hydrogen-bond acceptors (Lipinski definition) is 5. The minimum atomic E-state index is -4.48. The number of alkyl halides is 4. The minimum absolute atomic E-state index is 0.0506. The third-order valence-corrected chi connectivity index (χ3v) is 6.03. The second-order valence-corrected chi connectivity index (χ2v) is 8.82. The van der Waals surface area contributed by atoms with Crippen molar-refractivity contribution in [2.24, 2.45) is 0 Å². The highest BCUT2D eigenvalue weighted by molar-refractivity contribution is 5.94. The van der Waals surface area contributed by atoms with E-state index in [0.717, 1.165) is 4.57 Å². The number of likely N-dealkylation sites (N-methyl/N-ethyl adjacent to an activating group) is 1. The van der Waals surface area contributed by atoms with Crippen molar-refractivity contribution in [2.75, 3.05) is 44.4 Å². The van der Waals surface area contributed by atoms with Crippen LogP contribution in [0.3, 0.4) is 0 Å². The number of aromatic carboxylic acids is 1. The van der Waals surface area contributed by atoms with Gasteiger partial charge in [0.1, 0.15) is 12.3 Å². The second-order valence-electron chi connectivity index (χ2n) is 8.82. The van der Waals surface area contributed by atoms with Gasteiger partial charge in [-0.15, -0.1) is 0 Å². The molecule has 0 aliphatic carbocycles. The predicted molar refractivity (Wildman–Crippen MR) is 137 cm³/mol. The Balaban J connectivity index is 1.62. The fourth-order valence-electron chi connectivity index (χ4n) is 4.20. The largest absolute Gasteiger partial charge is 0.495 e. The van der Waals surface area contributed by atoms with Gasteiger partial charge in [0.05, 0.1) is 36.1 Å². The van der Waals surface area contributed by atoms with E-state index in [9.17, 15) is 22.4 Å². The third kappa shape index (κ3) is 6.20. The van der Waals surface area contributed by atoms with Crippen LogP contribution in [-0.4, -0.2) is 66.7 Å². The molecule has 3 aromatic rings. The summed E-state index contributed by atoms with van der Waals surface area (Å²) in [6.07, 6.45) is -4.00. The number of nitrogens with one attached hydrogen (secondary N) is 2. The lowest BCUT2D eigenvalue weighted by molar-refractivity contribution is -0.140. The van der Waals surface area contributed by atoms with E-state index in [1.165, 1.54) is 25.3 Å². The summed E-state index contributed by atoms with van der Waals surface area (Å²) < 4.78 is 61.2. The van der Waals surface area contributed by atoms with Crippen molar-refractivity contribution in [3.63, 3.8) is 0 Å². The van der Waals surface area contributed by atoms with Crippen LogP contribution >= 0.6 is 0 Å². The fraction of sp³-hybridized carbons (Fsp3) is 0.296. The molecule has 1 atom stereocenters. The number of halogens is 4. The lowest BCUT2D eigenvalue weighted by Gasteiger charge is -2.26. The number of aromatic nitrogens is 1. The first-order chi connectivity index (χ1) is 18.1. The highest BCUT2D eigenvalue weighted by atomic mass is 19.4. The molecule has 0 unspecified atom stereocenters. The molecule has 1 aliphatic rings. The van der Waals surface area contributed by atoms with Gasteiger partial charge < -0.3 is 25.0 Å². The molecule has 0 amide bonds. The van der Waals surface area contributed by atoms with E-state index in [-0.39, 0.29) is 24.3 Å². The molecule has 0 fully saturated rings. The molecule has 2 aromatic carbocycles. The first-order valence-corrected chi connectivity index (χ1v) is 11.7. The molecule has 11 heteroatoms. The molecule has 0 saturated heterocycles. The van der Waals surface area contributed by atoms with Crippen molar-refractivity contribution in [3.05, 3.63) is 65.5 Å². The van der Waals surface area contributed by atoms with E-state index in [0.29, 0.717) is 40.3 Å². The van der Waals surface area contributed by atoms with Crippen LogP contribution in [0.25, 0.3) is 10.9 Å². The smallest absolute Gasteiger partial charge is 0.406 e. The summed E-state index contributed by atoms with van der Waals surface area (Å²) in [6, 6.07) is 10.7. The lowest BCUT2D eigenvalue weighted by Crippen LogP contribution is -2.34. The molecule has 1 aromatic heterocycles. The molecule has 38 heavy (non-hydrogen) atoms. The van der Waals surface area contributed by atoms with E-state index < -0.39 is 24.9 Å². The van der Waals surface area contributed by atoms with Gasteiger partial charge in [-0.1, -0.05) is 12.0 Å². The van der Waals surface area contributed by atoms with E-state index in [1.807, 2.05) is 4.90 Å². The van der Waals surface area contributed by atoms with Gasteiger partial charge in [0.15, 0.2) is 6.17 Å². The van der Waals surface area contributed by atoms with Gasteiger partial charge in [-0.2, -0.15) is 13.2 Å². The number of hydrogen-bond donors (Lipinski definition) is 3. The topological polar surface area (TPSA) is 78.8 Å². The highest BCUT2D eigenvalue weighted by Crippen LogP contribution is 2.32. The number of fused-ring (bicyclic) bond motifs is 1. The van der Waals surface area contributed by atoms with Crippen LogP contribution in [0.15, 0.2) is 54.2 Å². The summed E-state index contributed by atoms with van der Waals surface area (Å²) in [4.78, 5) is 13.0. The standard InChI is InChI=1S/C27H26F4N4O3/c1-34-12-10-22(20(28)15-34)33-21-6-3-7-24-19(21)14-18(35(24)16-27(29,30)31)5-4-11-32-23-9-8-17(26(36)37)13-25(23)38-2/h3,6-10,13-14,20,32-33H,11-12,15-16H2,1-2H3,(H,36,37)/t20-/m0/s1. The molecule has 200 valence electrons. The normalized spacial score (nSPS) is 15.9. The Labute approximate surface area is 216 Å². The molecule has 1 aliphatic heterocycles. The number of carboxylic acid groups (broad SMARTS) is 1. The Morgan fingerprint density at radius 2 is 2.00 bits per heavy atom. The Hall–Kier alpha value is -4.17. The van der Waals surface area contributed by atoms with Gasteiger partial charge in [-0.3, -0.25) is 4.90 Å². The summed E-state index contributed by atoms with van der Waals surface area (Å²) in [7, 11) is 3.20. The average Bonchev–Trinajstić information content (AvgIpc) is 3.20. The molecule has 0 spiro atoms. The van der Waals surface area contributed by atoms with E-state index in [2.05, 4.69) is 22.5 Å². The molecule has 0 bridgehead atoms. The Morgan fingerprint density at radius 3 is 2.68 bits per heavy atom. The zero-order valence-electron chi connectivity index (χ0n) is 20.7. The van der Waals surface area contributed by atoms with Crippen LogP contribution in [-0.2, 0) is 6.54 Å². The SMILES string of the molecule is COc1cc(C(=O)O)ccc1NCC#Cc1cc2c(NC3=CCN(C)C[C@@H]3F)cccc2n1CC(F)(F)F. The van der Waals surface area contributed by atoms with Crippen molar-refractivity contribution in [2.45, 2.75) is 18.9 Å². The maximum Gasteiger partial charge on any atom is 0.406 e. The fourth-order valence-corrected chi connectivity index (χ4v) is 4.20. The minimum Gasteiger partial charge on any atom is -0.495 e. The van der Waals surface area contributed by atoms with Crippen LogP contribution in [0.1, 0.15) is 16.1 Å². The first-order valence-electron chi connectivity index (χ1n) is 11.7. The Kier molecular flexibility index (Phi) is 7.83. The molecule has 0 radical (unpaired) electrons. The number of benzene rings is 2. The van der Waals surface area contributed by atoms with Crippen LogP contribution in [0.2, 0.25) is 0 Å². The summed E-state index contributed by atoms with van der Waals surface area (Å²) in [6.45, 7) is -0.398. The molecule has 0 saturated carbocycles. The van der Waals surface area contributed by atoms with Crippen molar-refractivity contribution in [3.8, 4) is 17.6 Å². The van der Waals surface area contributed by atoms with Crippen molar-refractivity contribution in [1.82, 2.24) is 9.47 Å². The van der Waals surface area contributed by atoms with Crippen molar-refractivity contribution in [1.29, 1.82) is 0 Å². The summed E-state index contributed by atoms with van der Waals surface area (Å²) in [5.41, 5.74) is 1.87. The van der Waals surface area contributed by atoms with Gasteiger partial charge in [0.2, 0.25) is 0 Å². The molecular weight excluding hydrogens is 504 g/mol. The van der Waals surface area contributed by atoms with Crippen LogP contribution in [0.4, 0.5) is 28.9 Å². The molecule has 7 nitrogen and oxygen atoms in total. The number of anilines is 2.